The maximum Gasteiger partial charge on any atom is 0.410 e. The van der Waals surface area contributed by atoms with Crippen LogP contribution in [0, 0.1) is 5.92 Å². The number of hydrogen-bond acceptors (Lipinski definition) is 6. The molecule has 0 bridgehead atoms. The van der Waals surface area contributed by atoms with E-state index in [-0.39, 0.29) is 12.7 Å². The summed E-state index contributed by atoms with van der Waals surface area (Å²) in [4.78, 5) is 18.2. The summed E-state index contributed by atoms with van der Waals surface area (Å²) >= 11 is 1.50. The Morgan fingerprint density at radius 2 is 1.69 bits per heavy atom. The van der Waals surface area contributed by atoms with Crippen molar-refractivity contribution in [2.45, 2.75) is 32.5 Å². The Kier molecular flexibility index (Phi) is 7.98. The van der Waals surface area contributed by atoms with E-state index in [0.29, 0.717) is 19.1 Å². The number of aromatic nitrogens is 1. The van der Waals surface area contributed by atoms with Crippen LogP contribution in [0.2, 0.25) is 0 Å². The Balaban J connectivity index is 1.17. The van der Waals surface area contributed by atoms with Gasteiger partial charge < -0.3 is 19.1 Å². The molecule has 0 unspecified atom stereocenters. The molecule has 1 amide bonds. The first kappa shape index (κ1) is 22.1. The summed E-state index contributed by atoms with van der Waals surface area (Å²) in [6.45, 7) is 2.82. The lowest BCUT2D eigenvalue weighted by Crippen LogP contribution is -2.39. The fraction of sp³-hybridized carbons (Fsp3) is 0.360. The third-order valence-corrected chi connectivity index (χ3v) is 6.20. The second kappa shape index (κ2) is 11.5. The number of piperidine rings is 1. The number of benzene rings is 2. The molecule has 0 saturated carbocycles. The zero-order chi connectivity index (χ0) is 22.0. The van der Waals surface area contributed by atoms with Crippen LogP contribution in [0.15, 0.2) is 65.5 Å². The molecule has 6 nitrogen and oxygen atoms in total. The molecule has 0 spiro atoms. The molecule has 1 fully saturated rings. The van der Waals surface area contributed by atoms with Crippen molar-refractivity contribution < 1.29 is 19.0 Å². The van der Waals surface area contributed by atoms with Crippen molar-refractivity contribution in [3.05, 3.63) is 76.7 Å². The van der Waals surface area contributed by atoms with Crippen molar-refractivity contribution in [1.29, 1.82) is 0 Å². The number of likely N-dealkylation sites (tertiary alicyclic amines) is 1. The molecule has 3 aromatic rings. The highest BCUT2D eigenvalue weighted by Gasteiger charge is 2.24. The van der Waals surface area contributed by atoms with Gasteiger partial charge in [-0.25, -0.2) is 9.78 Å². The third kappa shape index (κ3) is 6.47. The van der Waals surface area contributed by atoms with Crippen LogP contribution in [0.5, 0.6) is 11.5 Å². The molecule has 0 atom stereocenters. The average Bonchev–Trinajstić information content (AvgIpc) is 3.37. The second-order valence-corrected chi connectivity index (χ2v) is 8.54. The minimum absolute atomic E-state index is 0.238. The number of ether oxygens (including phenoxy) is 3. The number of amides is 1. The SMILES string of the molecule is O=C(OCc1cscn1)N1CCC(CCOc2ccccc2OCc2ccccc2)CC1. The van der Waals surface area contributed by atoms with Crippen LogP contribution >= 0.6 is 11.3 Å². The number of nitrogens with zero attached hydrogens (tertiary/aromatic N) is 2. The minimum atomic E-state index is -0.253. The Morgan fingerprint density at radius 3 is 2.41 bits per heavy atom. The van der Waals surface area contributed by atoms with Crippen LogP contribution in [0.4, 0.5) is 4.79 Å². The first-order valence-electron chi connectivity index (χ1n) is 11.0. The van der Waals surface area contributed by atoms with Crippen LogP contribution in [0.1, 0.15) is 30.5 Å². The summed E-state index contributed by atoms with van der Waals surface area (Å²) in [6.07, 6.45) is 2.62. The van der Waals surface area contributed by atoms with Crippen molar-refractivity contribution in [2.24, 2.45) is 5.92 Å². The van der Waals surface area contributed by atoms with E-state index in [0.717, 1.165) is 55.1 Å². The second-order valence-electron chi connectivity index (χ2n) is 7.82. The van der Waals surface area contributed by atoms with Gasteiger partial charge in [0.05, 0.1) is 17.8 Å². The summed E-state index contributed by atoms with van der Waals surface area (Å²) in [7, 11) is 0. The highest BCUT2D eigenvalue weighted by Crippen LogP contribution is 2.28. The molecule has 0 N–H and O–H groups in total. The molecule has 168 valence electrons. The molecule has 0 aliphatic carbocycles. The molecule has 1 saturated heterocycles. The summed E-state index contributed by atoms with van der Waals surface area (Å²) in [6, 6.07) is 17.9. The average molecular weight is 453 g/mol. The fourth-order valence-corrected chi connectivity index (χ4v) is 4.24. The Bertz CT molecular complexity index is 957. The van der Waals surface area contributed by atoms with Crippen LogP contribution in [0.25, 0.3) is 0 Å². The molecule has 4 rings (SSSR count). The minimum Gasteiger partial charge on any atom is -0.490 e. The molecule has 7 heteroatoms. The predicted octanol–water partition coefficient (Wildman–Crippen LogP) is 5.54. The Morgan fingerprint density at radius 1 is 0.969 bits per heavy atom. The maximum absolute atomic E-state index is 12.2. The molecule has 1 aliphatic heterocycles. The van der Waals surface area contributed by atoms with Crippen LogP contribution in [-0.2, 0) is 18.0 Å². The van der Waals surface area contributed by atoms with E-state index in [9.17, 15) is 4.79 Å². The normalized spacial score (nSPS) is 14.2. The third-order valence-electron chi connectivity index (χ3n) is 5.57. The lowest BCUT2D eigenvalue weighted by atomic mass is 9.94. The van der Waals surface area contributed by atoms with Gasteiger partial charge in [0.1, 0.15) is 13.2 Å². The first-order valence-corrected chi connectivity index (χ1v) is 11.9. The summed E-state index contributed by atoms with van der Waals surface area (Å²) in [5.74, 6) is 2.07. The van der Waals surface area contributed by atoms with E-state index in [4.69, 9.17) is 14.2 Å². The standard InChI is InChI=1S/C25H28N2O4S/c28-25(31-17-22-18-32-19-26-22)27-13-10-20(11-14-27)12-15-29-23-8-4-5-9-24(23)30-16-21-6-2-1-3-7-21/h1-9,18-20H,10-17H2. The lowest BCUT2D eigenvalue weighted by molar-refractivity contribution is 0.0791. The monoisotopic (exact) mass is 452 g/mol. The summed E-state index contributed by atoms with van der Waals surface area (Å²) in [5.41, 5.74) is 3.66. The van der Waals surface area contributed by atoms with Gasteiger partial charge in [0.2, 0.25) is 0 Å². The van der Waals surface area contributed by atoms with Gasteiger partial charge in [-0.15, -0.1) is 11.3 Å². The van der Waals surface area contributed by atoms with Crippen LogP contribution in [-0.4, -0.2) is 35.7 Å². The van der Waals surface area contributed by atoms with Crippen LogP contribution in [0.3, 0.4) is 0 Å². The quantitative estimate of drug-likeness (QED) is 0.427. The van der Waals surface area contributed by atoms with Gasteiger partial charge in [-0.1, -0.05) is 42.5 Å². The maximum atomic E-state index is 12.2. The van der Waals surface area contributed by atoms with Gasteiger partial charge in [-0.2, -0.15) is 0 Å². The lowest BCUT2D eigenvalue weighted by Gasteiger charge is -2.31. The predicted molar refractivity (Wildman–Crippen MR) is 124 cm³/mol. The first-order chi connectivity index (χ1) is 15.8. The summed E-state index contributed by atoms with van der Waals surface area (Å²) < 4.78 is 17.4. The van der Waals surface area contributed by atoms with E-state index in [1.807, 2.05) is 60.0 Å². The number of rotatable bonds is 9. The summed E-state index contributed by atoms with van der Waals surface area (Å²) in [5, 5.41) is 1.89. The van der Waals surface area contributed by atoms with Crippen molar-refractivity contribution in [3.63, 3.8) is 0 Å². The zero-order valence-corrected chi connectivity index (χ0v) is 18.8. The van der Waals surface area contributed by atoms with E-state index in [1.54, 1.807) is 10.4 Å². The molecule has 1 aliphatic rings. The van der Waals surface area contributed by atoms with Gasteiger partial charge in [0.25, 0.3) is 0 Å². The van der Waals surface area contributed by atoms with Crippen molar-refractivity contribution in [3.8, 4) is 11.5 Å². The van der Waals surface area contributed by atoms with Gasteiger partial charge >= 0.3 is 6.09 Å². The van der Waals surface area contributed by atoms with Crippen molar-refractivity contribution in [2.75, 3.05) is 19.7 Å². The van der Waals surface area contributed by atoms with Gasteiger partial charge in [-0.05, 0) is 42.9 Å². The largest absolute Gasteiger partial charge is 0.490 e. The number of hydrogen-bond donors (Lipinski definition) is 0. The molecule has 2 aromatic carbocycles. The number of carbonyl (C=O) groups excluding carboxylic acids is 1. The van der Waals surface area contributed by atoms with E-state index >= 15 is 0 Å². The van der Waals surface area contributed by atoms with Crippen LogP contribution < -0.4 is 9.47 Å². The Hall–Kier alpha value is -3.06. The topological polar surface area (TPSA) is 60.9 Å². The molecular weight excluding hydrogens is 424 g/mol. The molecule has 0 radical (unpaired) electrons. The molecule has 2 heterocycles. The highest BCUT2D eigenvalue weighted by molar-refractivity contribution is 7.07. The van der Waals surface area contributed by atoms with Crippen molar-refractivity contribution >= 4 is 17.4 Å². The van der Waals surface area contributed by atoms with E-state index in [1.165, 1.54) is 11.3 Å². The zero-order valence-electron chi connectivity index (χ0n) is 18.0. The number of carbonyl (C=O) groups is 1. The molecule has 32 heavy (non-hydrogen) atoms. The smallest absolute Gasteiger partial charge is 0.410 e. The highest BCUT2D eigenvalue weighted by atomic mass is 32.1. The Labute approximate surface area is 192 Å². The number of para-hydroxylation sites is 2. The molecule has 1 aromatic heterocycles. The fourth-order valence-electron chi connectivity index (χ4n) is 3.70. The van der Waals surface area contributed by atoms with E-state index in [2.05, 4.69) is 4.98 Å². The molecular formula is C25H28N2O4S. The van der Waals surface area contributed by atoms with E-state index < -0.39 is 0 Å². The van der Waals surface area contributed by atoms with Gasteiger partial charge in [0.15, 0.2) is 11.5 Å². The van der Waals surface area contributed by atoms with Gasteiger partial charge in [-0.3, -0.25) is 0 Å². The van der Waals surface area contributed by atoms with Gasteiger partial charge in [0, 0.05) is 18.5 Å². The van der Waals surface area contributed by atoms with Crippen molar-refractivity contribution in [1.82, 2.24) is 9.88 Å². The number of thiazole rings is 1.